The van der Waals surface area contributed by atoms with E-state index >= 15 is 0 Å². The number of hydrogen-bond acceptors (Lipinski definition) is 2. The van der Waals surface area contributed by atoms with Crippen molar-refractivity contribution in [2.45, 2.75) is 83.5 Å². The Labute approximate surface area is 209 Å². The van der Waals surface area contributed by atoms with E-state index in [1.807, 2.05) is 0 Å². The van der Waals surface area contributed by atoms with Gasteiger partial charge < -0.3 is 9.80 Å². The van der Waals surface area contributed by atoms with Crippen molar-refractivity contribution in [3.05, 3.63) is 72.0 Å². The molecule has 5 aliphatic rings. The molecular formula is C32H48N2. The van der Waals surface area contributed by atoms with Crippen molar-refractivity contribution in [1.82, 2.24) is 9.80 Å². The number of nitrogens with zero attached hydrogens (tertiary/aromatic N) is 2. The fourth-order valence-electron chi connectivity index (χ4n) is 6.24. The van der Waals surface area contributed by atoms with E-state index in [4.69, 9.17) is 0 Å². The Kier molecular flexibility index (Phi) is 10.8. The van der Waals surface area contributed by atoms with Gasteiger partial charge in [-0.1, -0.05) is 73.9 Å². The largest absolute Gasteiger partial charge is 0.373 e. The van der Waals surface area contributed by atoms with Gasteiger partial charge in [-0.05, 0) is 93.7 Å². The fraction of sp³-hybridized carbons (Fsp3) is 0.625. The van der Waals surface area contributed by atoms with Crippen LogP contribution in [0.4, 0.5) is 0 Å². The first kappa shape index (κ1) is 25.3. The monoisotopic (exact) mass is 460 g/mol. The highest BCUT2D eigenvalue weighted by Gasteiger charge is 2.32. The Morgan fingerprint density at radius 3 is 2.18 bits per heavy atom. The first-order valence-electron chi connectivity index (χ1n) is 14.4. The van der Waals surface area contributed by atoms with Gasteiger partial charge in [-0.25, -0.2) is 0 Å². The standard InChI is InChI=1S/C32H48N2/c1-2-5-10-14-18-23-34-26-29-19-15-11-7-4-6-9-13-17-22-33-24-21-32(31(25-29)28-34)30(27-33)20-16-12-8-3-1/h2,4-6,9-10,13-14,25-26,30,32H,1,3,7-8,11-12,15-24,27-28H2/b5-2-,6-4-,13-9+,14-10-/t30-,32-/m1/s1. The van der Waals surface area contributed by atoms with Crippen molar-refractivity contribution in [3.63, 3.8) is 0 Å². The third-order valence-corrected chi connectivity index (χ3v) is 8.14. The molecule has 0 radical (unpaired) electrons. The van der Waals surface area contributed by atoms with E-state index in [2.05, 4.69) is 70.7 Å². The highest BCUT2D eigenvalue weighted by atomic mass is 15.1. The lowest BCUT2D eigenvalue weighted by Crippen LogP contribution is -2.43. The number of allylic oxidation sites excluding steroid dienone is 8. The second-order valence-electron chi connectivity index (χ2n) is 10.9. The predicted molar refractivity (Wildman–Crippen MR) is 148 cm³/mol. The summed E-state index contributed by atoms with van der Waals surface area (Å²) in [5.41, 5.74) is 3.33. The molecule has 0 amide bonds. The average Bonchev–Trinajstić information content (AvgIpc) is 2.85. The molecule has 2 nitrogen and oxygen atoms in total. The fourth-order valence-corrected chi connectivity index (χ4v) is 6.24. The molecule has 5 heterocycles. The first-order chi connectivity index (χ1) is 16.9. The lowest BCUT2D eigenvalue weighted by atomic mass is 9.76. The van der Waals surface area contributed by atoms with Crippen LogP contribution in [0, 0.1) is 11.8 Å². The van der Waals surface area contributed by atoms with Crippen LogP contribution in [0.1, 0.15) is 83.5 Å². The summed E-state index contributed by atoms with van der Waals surface area (Å²) in [6, 6.07) is 0. The molecule has 1 saturated heterocycles. The summed E-state index contributed by atoms with van der Waals surface area (Å²) in [4.78, 5) is 5.40. The maximum atomic E-state index is 2.77. The van der Waals surface area contributed by atoms with Crippen LogP contribution >= 0.6 is 0 Å². The van der Waals surface area contributed by atoms with Gasteiger partial charge in [-0.15, -0.1) is 0 Å². The summed E-state index contributed by atoms with van der Waals surface area (Å²) in [5, 5.41) is 0. The first-order valence-corrected chi connectivity index (χ1v) is 14.4. The zero-order chi connectivity index (χ0) is 23.3. The van der Waals surface area contributed by atoms with Crippen molar-refractivity contribution in [2.24, 2.45) is 11.8 Å². The Bertz CT molecular complexity index is 781. The average molecular weight is 461 g/mol. The van der Waals surface area contributed by atoms with E-state index < -0.39 is 0 Å². The van der Waals surface area contributed by atoms with Crippen LogP contribution in [0.25, 0.3) is 0 Å². The van der Waals surface area contributed by atoms with E-state index in [-0.39, 0.29) is 0 Å². The van der Waals surface area contributed by atoms with Gasteiger partial charge in [-0.3, -0.25) is 0 Å². The van der Waals surface area contributed by atoms with Crippen LogP contribution in [-0.2, 0) is 0 Å². The third kappa shape index (κ3) is 8.45. The summed E-state index contributed by atoms with van der Waals surface area (Å²) in [6.45, 7) is 6.09. The lowest BCUT2D eigenvalue weighted by molar-refractivity contribution is 0.125. The molecule has 0 aromatic heterocycles. The Morgan fingerprint density at radius 2 is 1.35 bits per heavy atom. The third-order valence-electron chi connectivity index (χ3n) is 8.14. The Morgan fingerprint density at radius 1 is 0.647 bits per heavy atom. The molecule has 0 aromatic rings. The summed E-state index contributed by atoms with van der Waals surface area (Å²) in [7, 11) is 0. The quantitative estimate of drug-likeness (QED) is 0.361. The summed E-state index contributed by atoms with van der Waals surface area (Å²) >= 11 is 0. The van der Waals surface area contributed by atoms with Gasteiger partial charge in [0.15, 0.2) is 0 Å². The Hall–Kier alpha value is -1.80. The highest BCUT2D eigenvalue weighted by molar-refractivity contribution is 5.31. The molecule has 0 aliphatic carbocycles. The molecule has 6 bridgehead atoms. The van der Waals surface area contributed by atoms with Gasteiger partial charge in [0.2, 0.25) is 0 Å². The summed E-state index contributed by atoms with van der Waals surface area (Å²) in [6.07, 6.45) is 40.6. The molecule has 0 N–H and O–H groups in total. The van der Waals surface area contributed by atoms with Crippen molar-refractivity contribution in [2.75, 3.05) is 32.7 Å². The molecule has 2 heteroatoms. The van der Waals surface area contributed by atoms with Crippen LogP contribution in [0.15, 0.2) is 72.0 Å². The molecule has 5 aliphatic heterocycles. The second kappa shape index (κ2) is 14.6. The minimum atomic E-state index is 0.781. The number of rotatable bonds is 0. The molecule has 34 heavy (non-hydrogen) atoms. The lowest BCUT2D eigenvalue weighted by Gasteiger charge is -2.42. The van der Waals surface area contributed by atoms with Crippen molar-refractivity contribution < 1.29 is 0 Å². The molecule has 1 fully saturated rings. The van der Waals surface area contributed by atoms with Gasteiger partial charge in [0.1, 0.15) is 0 Å². The molecule has 5 rings (SSSR count). The van der Waals surface area contributed by atoms with E-state index in [1.165, 1.54) is 96.7 Å². The molecule has 1 unspecified atom stereocenters. The minimum Gasteiger partial charge on any atom is -0.373 e. The SMILES string of the molecule is C1=C2C=C3CN1CC/C=C\C=C/CCCCCC[C@@H]1CN(CC/C=C/C=C\CCCC2)CC[C@@H]31. The van der Waals surface area contributed by atoms with E-state index in [0.717, 1.165) is 31.3 Å². The summed E-state index contributed by atoms with van der Waals surface area (Å²) in [5.74, 6) is 1.61. The van der Waals surface area contributed by atoms with Crippen LogP contribution < -0.4 is 0 Å². The molecular weight excluding hydrogens is 412 g/mol. The second-order valence-corrected chi connectivity index (χ2v) is 10.9. The normalized spacial score (nSPS) is 33.9. The van der Waals surface area contributed by atoms with Crippen molar-refractivity contribution in [1.29, 1.82) is 0 Å². The maximum Gasteiger partial charge on any atom is 0.0389 e. The Balaban J connectivity index is 1.55. The molecule has 0 spiro atoms. The molecule has 0 saturated carbocycles. The van der Waals surface area contributed by atoms with E-state index in [1.54, 1.807) is 11.1 Å². The smallest absolute Gasteiger partial charge is 0.0389 e. The highest BCUT2D eigenvalue weighted by Crippen LogP contribution is 2.36. The predicted octanol–water partition coefficient (Wildman–Crippen LogP) is 7.98. The molecule has 3 atom stereocenters. The minimum absolute atomic E-state index is 0.781. The van der Waals surface area contributed by atoms with Crippen LogP contribution in [-0.4, -0.2) is 42.5 Å². The molecule has 186 valence electrons. The van der Waals surface area contributed by atoms with Crippen molar-refractivity contribution >= 4 is 0 Å². The maximum absolute atomic E-state index is 2.77. The number of piperidine rings is 1. The van der Waals surface area contributed by atoms with E-state index in [9.17, 15) is 0 Å². The van der Waals surface area contributed by atoms with Crippen LogP contribution in [0.5, 0.6) is 0 Å². The van der Waals surface area contributed by atoms with Crippen molar-refractivity contribution in [3.8, 4) is 0 Å². The van der Waals surface area contributed by atoms with Gasteiger partial charge in [-0.2, -0.15) is 0 Å². The topological polar surface area (TPSA) is 6.48 Å². The van der Waals surface area contributed by atoms with Gasteiger partial charge in [0.25, 0.3) is 0 Å². The van der Waals surface area contributed by atoms with Crippen LogP contribution in [0.2, 0.25) is 0 Å². The molecule has 0 aromatic carbocycles. The number of fused-ring (bicyclic) bond motifs is 9. The van der Waals surface area contributed by atoms with Gasteiger partial charge >= 0.3 is 0 Å². The summed E-state index contributed by atoms with van der Waals surface area (Å²) < 4.78 is 0. The number of hydrogen-bond donors (Lipinski definition) is 0. The zero-order valence-corrected chi connectivity index (χ0v) is 21.6. The van der Waals surface area contributed by atoms with Crippen LogP contribution in [0.3, 0.4) is 0 Å². The zero-order valence-electron chi connectivity index (χ0n) is 21.6. The van der Waals surface area contributed by atoms with Gasteiger partial charge in [0, 0.05) is 32.4 Å². The van der Waals surface area contributed by atoms with Gasteiger partial charge in [0.05, 0.1) is 0 Å². The van der Waals surface area contributed by atoms with E-state index in [0.29, 0.717) is 0 Å².